The molecule has 11 heavy (non-hydrogen) atoms. The second-order valence-corrected chi connectivity index (χ2v) is 3.65. The van der Waals surface area contributed by atoms with Gasteiger partial charge in [0.15, 0.2) is 0 Å². The number of hydrogen-bond acceptors (Lipinski definition) is 2. The fourth-order valence-corrected chi connectivity index (χ4v) is 1.70. The second kappa shape index (κ2) is 3.53. The monoisotopic (exact) mass is 168 g/mol. The quantitative estimate of drug-likeness (QED) is 0.526. The van der Waals surface area contributed by atoms with Gasteiger partial charge in [-0.2, -0.15) is 0 Å². The van der Waals surface area contributed by atoms with Crippen LogP contribution < -0.4 is 5.73 Å². The summed E-state index contributed by atoms with van der Waals surface area (Å²) >= 11 is 1.74. The Balaban J connectivity index is 2.51. The number of hydrogen-bond donors (Lipinski definition) is 2. The molecule has 0 saturated heterocycles. The molecule has 60 valence electrons. The highest BCUT2D eigenvalue weighted by atomic mass is 32.1. The number of nitrogens with two attached hydrogens (primary N) is 1. The van der Waals surface area contributed by atoms with Gasteiger partial charge < -0.3 is 5.73 Å². The van der Waals surface area contributed by atoms with Crippen molar-refractivity contribution in [2.24, 2.45) is 5.73 Å². The first kappa shape index (κ1) is 8.27. The first-order chi connectivity index (χ1) is 5.20. The van der Waals surface area contributed by atoms with E-state index in [4.69, 9.17) is 11.1 Å². The SMILES string of the molecule is Cc1sccc1CCC(=N)N. The van der Waals surface area contributed by atoms with Crippen molar-refractivity contribution in [3.8, 4) is 0 Å². The normalized spacial score (nSPS) is 9.91. The predicted molar refractivity (Wildman–Crippen MR) is 49.3 cm³/mol. The van der Waals surface area contributed by atoms with Crippen LogP contribution in [-0.2, 0) is 6.42 Å². The minimum Gasteiger partial charge on any atom is -0.388 e. The van der Waals surface area contributed by atoms with Crippen LogP contribution in [0.2, 0.25) is 0 Å². The van der Waals surface area contributed by atoms with Gasteiger partial charge in [-0.15, -0.1) is 11.3 Å². The molecule has 1 heterocycles. The summed E-state index contributed by atoms with van der Waals surface area (Å²) in [4.78, 5) is 1.34. The average Bonchev–Trinajstić information content (AvgIpc) is 2.31. The lowest BCUT2D eigenvalue weighted by Crippen LogP contribution is -2.10. The molecule has 0 unspecified atom stereocenters. The van der Waals surface area contributed by atoms with Crippen LogP contribution in [0, 0.1) is 12.3 Å². The fourth-order valence-electron chi connectivity index (χ4n) is 0.940. The summed E-state index contributed by atoms with van der Waals surface area (Å²) in [5.74, 6) is 0.274. The molecule has 0 aliphatic rings. The minimum absolute atomic E-state index is 0.274. The Morgan fingerprint density at radius 3 is 2.91 bits per heavy atom. The van der Waals surface area contributed by atoms with Gasteiger partial charge in [0, 0.05) is 11.3 Å². The molecular weight excluding hydrogens is 156 g/mol. The topological polar surface area (TPSA) is 49.9 Å². The number of amidine groups is 1. The third kappa shape index (κ3) is 2.35. The van der Waals surface area contributed by atoms with Crippen LogP contribution in [-0.4, -0.2) is 5.84 Å². The molecule has 0 spiro atoms. The lowest BCUT2D eigenvalue weighted by atomic mass is 10.1. The van der Waals surface area contributed by atoms with Crippen LogP contribution in [0.15, 0.2) is 11.4 Å². The van der Waals surface area contributed by atoms with Gasteiger partial charge in [-0.25, -0.2) is 0 Å². The van der Waals surface area contributed by atoms with Crippen LogP contribution in [0.4, 0.5) is 0 Å². The van der Waals surface area contributed by atoms with Crippen molar-refractivity contribution in [2.45, 2.75) is 19.8 Å². The molecule has 0 saturated carbocycles. The zero-order valence-electron chi connectivity index (χ0n) is 6.55. The molecule has 1 aromatic rings. The maximum Gasteiger partial charge on any atom is 0.0908 e. The van der Waals surface area contributed by atoms with E-state index in [1.54, 1.807) is 11.3 Å². The van der Waals surface area contributed by atoms with Crippen LogP contribution >= 0.6 is 11.3 Å². The summed E-state index contributed by atoms with van der Waals surface area (Å²) in [6, 6.07) is 2.10. The van der Waals surface area contributed by atoms with Crippen molar-refractivity contribution < 1.29 is 0 Å². The van der Waals surface area contributed by atoms with E-state index in [1.165, 1.54) is 10.4 Å². The largest absolute Gasteiger partial charge is 0.388 e. The second-order valence-electron chi connectivity index (χ2n) is 2.53. The fraction of sp³-hybridized carbons (Fsp3) is 0.375. The molecule has 0 aliphatic carbocycles. The van der Waals surface area contributed by atoms with Crippen molar-refractivity contribution in [2.75, 3.05) is 0 Å². The van der Waals surface area contributed by atoms with E-state index in [2.05, 4.69) is 18.4 Å². The lowest BCUT2D eigenvalue weighted by molar-refractivity contribution is 1.01. The third-order valence-electron chi connectivity index (χ3n) is 1.63. The number of nitrogens with one attached hydrogen (secondary N) is 1. The molecule has 0 bridgehead atoms. The molecule has 1 rings (SSSR count). The molecule has 0 fully saturated rings. The van der Waals surface area contributed by atoms with Gasteiger partial charge in [-0.05, 0) is 30.4 Å². The van der Waals surface area contributed by atoms with E-state index < -0.39 is 0 Å². The molecule has 3 heteroatoms. The Morgan fingerprint density at radius 2 is 2.45 bits per heavy atom. The summed E-state index contributed by atoms with van der Waals surface area (Å²) in [6.45, 7) is 2.10. The molecule has 2 nitrogen and oxygen atoms in total. The first-order valence-electron chi connectivity index (χ1n) is 3.56. The van der Waals surface area contributed by atoms with E-state index in [9.17, 15) is 0 Å². The van der Waals surface area contributed by atoms with Crippen LogP contribution in [0.5, 0.6) is 0 Å². The van der Waals surface area contributed by atoms with Gasteiger partial charge in [-0.3, -0.25) is 5.41 Å². The van der Waals surface area contributed by atoms with E-state index in [-0.39, 0.29) is 5.84 Å². The van der Waals surface area contributed by atoms with E-state index in [1.807, 2.05) is 0 Å². The molecular formula is C8H12N2S. The smallest absolute Gasteiger partial charge is 0.0908 e. The molecule has 3 N–H and O–H groups in total. The summed E-state index contributed by atoms with van der Waals surface area (Å²) in [5, 5.41) is 9.12. The summed E-state index contributed by atoms with van der Waals surface area (Å²) in [5.41, 5.74) is 6.57. The molecule has 0 amide bonds. The van der Waals surface area contributed by atoms with Crippen LogP contribution in [0.3, 0.4) is 0 Å². The van der Waals surface area contributed by atoms with Gasteiger partial charge in [0.25, 0.3) is 0 Å². The Hall–Kier alpha value is -0.830. The highest BCUT2D eigenvalue weighted by Gasteiger charge is 1.99. The Bertz CT molecular complexity index is 252. The van der Waals surface area contributed by atoms with Crippen molar-refractivity contribution in [3.63, 3.8) is 0 Å². The standard InChI is InChI=1S/C8H12N2S/c1-6-7(4-5-11-6)2-3-8(9)10/h4-5H,2-3H2,1H3,(H3,9,10). The highest BCUT2D eigenvalue weighted by molar-refractivity contribution is 7.10. The predicted octanol–water partition coefficient (Wildman–Crippen LogP) is 1.93. The molecule has 0 aromatic carbocycles. The Labute approximate surface area is 70.6 Å². The van der Waals surface area contributed by atoms with Gasteiger partial charge in [0.2, 0.25) is 0 Å². The molecule has 0 aliphatic heterocycles. The average molecular weight is 168 g/mol. The van der Waals surface area contributed by atoms with E-state index in [0.29, 0.717) is 6.42 Å². The highest BCUT2D eigenvalue weighted by Crippen LogP contribution is 2.16. The molecule has 0 radical (unpaired) electrons. The molecule has 1 aromatic heterocycles. The number of rotatable bonds is 3. The van der Waals surface area contributed by atoms with Crippen molar-refractivity contribution in [3.05, 3.63) is 21.9 Å². The van der Waals surface area contributed by atoms with Crippen LogP contribution in [0.25, 0.3) is 0 Å². The Kier molecular flexibility index (Phi) is 2.65. The minimum atomic E-state index is 0.274. The van der Waals surface area contributed by atoms with E-state index >= 15 is 0 Å². The summed E-state index contributed by atoms with van der Waals surface area (Å²) in [7, 11) is 0. The maximum atomic E-state index is 7.05. The lowest BCUT2D eigenvalue weighted by Gasteiger charge is -1.97. The van der Waals surface area contributed by atoms with Gasteiger partial charge in [0.05, 0.1) is 5.84 Å². The van der Waals surface area contributed by atoms with Crippen molar-refractivity contribution in [1.29, 1.82) is 5.41 Å². The zero-order chi connectivity index (χ0) is 8.27. The first-order valence-corrected chi connectivity index (χ1v) is 4.44. The van der Waals surface area contributed by atoms with Crippen molar-refractivity contribution in [1.82, 2.24) is 0 Å². The summed E-state index contributed by atoms with van der Waals surface area (Å²) in [6.07, 6.45) is 1.59. The van der Waals surface area contributed by atoms with Gasteiger partial charge in [-0.1, -0.05) is 0 Å². The molecule has 0 atom stereocenters. The van der Waals surface area contributed by atoms with Crippen molar-refractivity contribution >= 4 is 17.2 Å². The van der Waals surface area contributed by atoms with E-state index in [0.717, 1.165) is 6.42 Å². The van der Waals surface area contributed by atoms with Gasteiger partial charge >= 0.3 is 0 Å². The third-order valence-corrected chi connectivity index (χ3v) is 2.52. The Morgan fingerprint density at radius 1 is 1.73 bits per heavy atom. The summed E-state index contributed by atoms with van der Waals surface area (Å²) < 4.78 is 0. The number of aryl methyl sites for hydroxylation is 2. The number of thiophene rings is 1. The zero-order valence-corrected chi connectivity index (χ0v) is 7.37. The van der Waals surface area contributed by atoms with Gasteiger partial charge in [0.1, 0.15) is 0 Å². The van der Waals surface area contributed by atoms with Crippen LogP contribution in [0.1, 0.15) is 16.9 Å². The maximum absolute atomic E-state index is 7.05.